The van der Waals surface area contributed by atoms with Crippen molar-refractivity contribution in [2.45, 2.75) is 13.0 Å². The number of carbonyl (C=O) groups excluding carboxylic acids is 1. The molecule has 2 aromatic heterocycles. The molecule has 1 N–H and O–H groups in total. The fourth-order valence-electron chi connectivity index (χ4n) is 3.67. The van der Waals surface area contributed by atoms with Crippen LogP contribution in [0.1, 0.15) is 27.5 Å². The summed E-state index contributed by atoms with van der Waals surface area (Å²) in [5.74, 6) is 0.238. The van der Waals surface area contributed by atoms with Crippen LogP contribution in [0.4, 0.5) is 10.2 Å². The van der Waals surface area contributed by atoms with Crippen molar-refractivity contribution in [1.82, 2.24) is 19.5 Å². The number of nitrogens with one attached hydrogen (secondary N) is 1. The Morgan fingerprint density at radius 1 is 1.30 bits per heavy atom. The average Bonchev–Trinajstić information content (AvgIpc) is 3.11. The van der Waals surface area contributed by atoms with E-state index in [1.165, 1.54) is 18.5 Å². The largest absolute Gasteiger partial charge is 0.382 e. The van der Waals surface area contributed by atoms with E-state index in [9.17, 15) is 9.18 Å². The highest BCUT2D eigenvalue weighted by Crippen LogP contribution is 2.27. The molecule has 4 rings (SSSR count). The van der Waals surface area contributed by atoms with Gasteiger partial charge in [-0.15, -0.1) is 0 Å². The van der Waals surface area contributed by atoms with E-state index in [0.29, 0.717) is 44.3 Å². The third-order valence-corrected chi connectivity index (χ3v) is 5.27. The molecule has 158 valence electrons. The van der Waals surface area contributed by atoms with Crippen molar-refractivity contribution < 1.29 is 18.7 Å². The number of hydrogen-bond donors (Lipinski definition) is 1. The lowest BCUT2D eigenvalue weighted by Gasteiger charge is -2.26. The van der Waals surface area contributed by atoms with Crippen LogP contribution in [0.25, 0.3) is 5.52 Å². The molecular formula is C21H24FN5O3. The SMILES string of the molecule is COC[C@@H](Nc1ncnn2cc(C(=O)N3CCOCC3)c(C)c12)c1ccc(F)cc1. The van der Waals surface area contributed by atoms with Crippen LogP contribution < -0.4 is 5.32 Å². The Bertz CT molecular complexity index is 1030. The summed E-state index contributed by atoms with van der Waals surface area (Å²) in [6, 6.07) is 6.00. The van der Waals surface area contributed by atoms with Gasteiger partial charge >= 0.3 is 0 Å². The molecule has 9 heteroatoms. The second-order valence-corrected chi connectivity index (χ2v) is 7.18. The molecule has 1 aliphatic heterocycles. The van der Waals surface area contributed by atoms with Crippen molar-refractivity contribution in [1.29, 1.82) is 0 Å². The van der Waals surface area contributed by atoms with E-state index in [0.717, 1.165) is 16.6 Å². The van der Waals surface area contributed by atoms with Crippen molar-refractivity contribution in [2.75, 3.05) is 45.3 Å². The number of aryl methyl sites for hydroxylation is 1. The van der Waals surface area contributed by atoms with Gasteiger partial charge in [-0.2, -0.15) is 5.10 Å². The topological polar surface area (TPSA) is 81.0 Å². The summed E-state index contributed by atoms with van der Waals surface area (Å²) < 4.78 is 25.7. The van der Waals surface area contributed by atoms with Crippen LogP contribution in [-0.2, 0) is 9.47 Å². The number of fused-ring (bicyclic) bond motifs is 1. The van der Waals surface area contributed by atoms with Crippen LogP contribution >= 0.6 is 0 Å². The second-order valence-electron chi connectivity index (χ2n) is 7.18. The monoisotopic (exact) mass is 413 g/mol. The van der Waals surface area contributed by atoms with Gasteiger partial charge in [-0.25, -0.2) is 13.9 Å². The Morgan fingerprint density at radius 2 is 2.03 bits per heavy atom. The van der Waals surface area contributed by atoms with Gasteiger partial charge in [-0.1, -0.05) is 12.1 Å². The number of hydrogen-bond acceptors (Lipinski definition) is 6. The van der Waals surface area contributed by atoms with Gasteiger partial charge in [0.25, 0.3) is 5.91 Å². The number of carbonyl (C=O) groups is 1. The van der Waals surface area contributed by atoms with Gasteiger partial charge in [0, 0.05) is 26.4 Å². The molecule has 1 amide bonds. The number of anilines is 1. The molecule has 0 bridgehead atoms. The summed E-state index contributed by atoms with van der Waals surface area (Å²) in [4.78, 5) is 19.2. The lowest BCUT2D eigenvalue weighted by molar-refractivity contribution is 0.0302. The number of methoxy groups -OCH3 is 1. The highest BCUT2D eigenvalue weighted by molar-refractivity contribution is 5.99. The highest BCUT2D eigenvalue weighted by Gasteiger charge is 2.24. The van der Waals surface area contributed by atoms with Crippen molar-refractivity contribution >= 4 is 17.2 Å². The molecule has 1 saturated heterocycles. The number of benzene rings is 1. The molecular weight excluding hydrogens is 389 g/mol. The molecule has 1 atom stereocenters. The molecule has 0 spiro atoms. The van der Waals surface area contributed by atoms with Gasteiger partial charge in [0.05, 0.1) is 31.4 Å². The number of nitrogens with zero attached hydrogens (tertiary/aromatic N) is 4. The van der Waals surface area contributed by atoms with Gasteiger partial charge in [-0.05, 0) is 30.2 Å². The van der Waals surface area contributed by atoms with Crippen molar-refractivity contribution in [3.63, 3.8) is 0 Å². The van der Waals surface area contributed by atoms with E-state index in [-0.39, 0.29) is 17.8 Å². The van der Waals surface area contributed by atoms with E-state index < -0.39 is 0 Å². The minimum Gasteiger partial charge on any atom is -0.382 e. The summed E-state index contributed by atoms with van der Waals surface area (Å²) in [7, 11) is 1.61. The van der Waals surface area contributed by atoms with Crippen LogP contribution in [0.15, 0.2) is 36.8 Å². The summed E-state index contributed by atoms with van der Waals surface area (Å²) in [6.45, 7) is 4.48. The lowest BCUT2D eigenvalue weighted by Crippen LogP contribution is -2.40. The quantitative estimate of drug-likeness (QED) is 0.669. The molecule has 8 nitrogen and oxygen atoms in total. The van der Waals surface area contributed by atoms with Crippen LogP contribution in [-0.4, -0.2) is 65.4 Å². The maximum absolute atomic E-state index is 13.3. The van der Waals surface area contributed by atoms with Crippen LogP contribution in [0.5, 0.6) is 0 Å². The van der Waals surface area contributed by atoms with Gasteiger partial charge in [0.1, 0.15) is 17.7 Å². The third-order valence-electron chi connectivity index (χ3n) is 5.27. The minimum absolute atomic E-state index is 0.0424. The van der Waals surface area contributed by atoms with E-state index in [1.807, 2.05) is 6.92 Å². The molecule has 3 aromatic rings. The Balaban J connectivity index is 1.67. The number of rotatable bonds is 6. The number of halogens is 1. The van der Waals surface area contributed by atoms with Crippen LogP contribution in [0, 0.1) is 12.7 Å². The third kappa shape index (κ3) is 3.99. The van der Waals surface area contributed by atoms with Crippen molar-refractivity contribution in [3.8, 4) is 0 Å². The maximum atomic E-state index is 13.3. The normalized spacial score (nSPS) is 15.4. The first kappa shape index (κ1) is 20.2. The number of aromatic nitrogens is 3. The zero-order valence-corrected chi connectivity index (χ0v) is 17.0. The number of amides is 1. The Morgan fingerprint density at radius 3 is 2.73 bits per heavy atom. The van der Waals surface area contributed by atoms with E-state index >= 15 is 0 Å². The Hall–Kier alpha value is -3.04. The summed E-state index contributed by atoms with van der Waals surface area (Å²) >= 11 is 0. The first-order valence-corrected chi connectivity index (χ1v) is 9.79. The first-order chi connectivity index (χ1) is 14.6. The molecule has 1 aromatic carbocycles. The summed E-state index contributed by atoms with van der Waals surface area (Å²) in [5.41, 5.74) is 2.97. The maximum Gasteiger partial charge on any atom is 0.255 e. The second kappa shape index (κ2) is 8.76. The molecule has 0 radical (unpaired) electrons. The minimum atomic E-state index is -0.298. The molecule has 0 unspecified atom stereocenters. The fourth-order valence-corrected chi connectivity index (χ4v) is 3.67. The zero-order valence-electron chi connectivity index (χ0n) is 17.0. The van der Waals surface area contributed by atoms with E-state index in [1.54, 1.807) is 34.9 Å². The number of morpholine rings is 1. The van der Waals surface area contributed by atoms with Gasteiger partial charge in [0.15, 0.2) is 5.82 Å². The van der Waals surface area contributed by atoms with Crippen molar-refractivity contribution in [3.05, 3.63) is 59.3 Å². The predicted molar refractivity (Wildman–Crippen MR) is 109 cm³/mol. The fraction of sp³-hybridized carbons (Fsp3) is 0.381. The van der Waals surface area contributed by atoms with E-state index in [4.69, 9.17) is 9.47 Å². The Kier molecular flexibility index (Phi) is 5.91. The highest BCUT2D eigenvalue weighted by atomic mass is 19.1. The average molecular weight is 413 g/mol. The lowest BCUT2D eigenvalue weighted by atomic mass is 10.1. The molecule has 3 heterocycles. The van der Waals surface area contributed by atoms with Gasteiger partial charge < -0.3 is 19.7 Å². The summed E-state index contributed by atoms with van der Waals surface area (Å²) in [5, 5.41) is 7.64. The zero-order chi connectivity index (χ0) is 21.1. The molecule has 0 aliphatic carbocycles. The molecule has 1 aliphatic rings. The van der Waals surface area contributed by atoms with Crippen molar-refractivity contribution in [2.24, 2.45) is 0 Å². The van der Waals surface area contributed by atoms with E-state index in [2.05, 4.69) is 15.4 Å². The van der Waals surface area contributed by atoms with Crippen LogP contribution in [0.3, 0.4) is 0 Å². The standard InChI is InChI=1S/C21H24FN5O3/c1-14-17(21(28)26-7-9-30-10-8-26)11-27-19(14)20(23-13-24-27)25-18(12-29-2)15-3-5-16(22)6-4-15/h3-6,11,13,18H,7-10,12H2,1-2H3,(H,23,24,25)/t18-/m1/s1. The molecule has 30 heavy (non-hydrogen) atoms. The van der Waals surface area contributed by atoms with Gasteiger partial charge in [0.2, 0.25) is 0 Å². The predicted octanol–water partition coefficient (Wildman–Crippen LogP) is 2.45. The van der Waals surface area contributed by atoms with Gasteiger partial charge in [-0.3, -0.25) is 4.79 Å². The summed E-state index contributed by atoms with van der Waals surface area (Å²) in [6.07, 6.45) is 3.17. The molecule has 1 fully saturated rings. The Labute approximate surface area is 173 Å². The molecule has 0 saturated carbocycles. The number of ether oxygens (including phenoxy) is 2. The first-order valence-electron chi connectivity index (χ1n) is 9.79. The smallest absolute Gasteiger partial charge is 0.255 e. The van der Waals surface area contributed by atoms with Crippen LogP contribution in [0.2, 0.25) is 0 Å².